The summed E-state index contributed by atoms with van der Waals surface area (Å²) in [5, 5.41) is 36.7. The number of benzene rings is 2. The predicted octanol–water partition coefficient (Wildman–Crippen LogP) is 5.51. The number of nitrogens with zero attached hydrogens (tertiary/aromatic N) is 1. The minimum atomic E-state index is -0.865. The summed E-state index contributed by atoms with van der Waals surface area (Å²) in [6.07, 6.45) is 12.7. The zero-order valence-corrected chi connectivity index (χ0v) is 27.3. The van der Waals surface area contributed by atoms with E-state index in [4.69, 9.17) is 4.74 Å². The van der Waals surface area contributed by atoms with Crippen molar-refractivity contribution >= 4 is 10.9 Å². The molecule has 2 aromatic carbocycles. The maximum atomic E-state index is 11.8. The number of hydrogen-bond donors (Lipinski definition) is 5. The highest BCUT2D eigenvalue weighted by Gasteiger charge is 2.48. The molecule has 0 amide bonds. The molecule has 4 aliphatic rings. The van der Waals surface area contributed by atoms with Crippen LogP contribution in [0.25, 0.3) is 10.9 Å². The molecule has 2 bridgehead atoms. The third kappa shape index (κ3) is 7.52. The summed E-state index contributed by atoms with van der Waals surface area (Å²) in [4.78, 5) is 14.3. The van der Waals surface area contributed by atoms with Crippen LogP contribution in [-0.2, 0) is 10.3 Å². The number of hydrogen-bond acceptors (Lipinski definition) is 6. The summed E-state index contributed by atoms with van der Waals surface area (Å²) in [7, 11) is 0. The Balaban J connectivity index is 0.867. The van der Waals surface area contributed by atoms with Gasteiger partial charge in [-0.25, -0.2) is 0 Å². The van der Waals surface area contributed by atoms with Crippen LogP contribution in [0.1, 0.15) is 87.9 Å². The van der Waals surface area contributed by atoms with E-state index in [1.54, 1.807) is 12.1 Å². The molecule has 3 atom stereocenters. The lowest BCUT2D eigenvalue weighted by molar-refractivity contribution is -0.946. The monoisotopic (exact) mass is 632 g/mol. The fourth-order valence-electron chi connectivity index (χ4n) is 8.31. The molecule has 3 saturated heterocycles. The Morgan fingerprint density at radius 1 is 0.935 bits per heavy atom. The lowest BCUT2D eigenvalue weighted by atomic mass is 9.70. The Hall–Kier alpha value is -2.75. The molecule has 8 nitrogen and oxygen atoms in total. The van der Waals surface area contributed by atoms with E-state index in [1.165, 1.54) is 87.6 Å². The fraction of sp³-hybridized carbons (Fsp3) is 0.605. The van der Waals surface area contributed by atoms with Crippen molar-refractivity contribution < 1.29 is 24.5 Å². The molecule has 1 saturated carbocycles. The molecule has 46 heavy (non-hydrogen) atoms. The predicted molar refractivity (Wildman–Crippen MR) is 182 cm³/mol. The Bertz CT molecular complexity index is 1470. The average Bonchev–Trinajstić information content (AvgIpc) is 3.05. The molecule has 1 aliphatic carbocycles. The van der Waals surface area contributed by atoms with Crippen LogP contribution >= 0.6 is 0 Å². The SMILES string of the molecule is O=c1ccc2c([C@@H](O)CNCCCCCCCC[N+]34CCC(CC3)[C@@H](OC[C@@](O)(c3ccccc3)C3CCC3)C4)ccc(O)c2[nH]1. The molecular formula is C38H54N3O5+. The number of phenols is 1. The van der Waals surface area contributed by atoms with Gasteiger partial charge in [-0.2, -0.15) is 0 Å². The number of unbranched alkanes of at least 4 members (excludes halogenated alkanes) is 5. The van der Waals surface area contributed by atoms with E-state index < -0.39 is 11.7 Å². The number of aromatic nitrogens is 1. The third-order valence-corrected chi connectivity index (χ3v) is 11.5. The molecule has 5 N–H and O–H groups in total. The normalized spacial score (nSPS) is 24.9. The third-order valence-electron chi connectivity index (χ3n) is 11.5. The lowest BCUT2D eigenvalue weighted by Crippen LogP contribution is -2.64. The van der Waals surface area contributed by atoms with Crippen molar-refractivity contribution in [2.24, 2.45) is 11.8 Å². The van der Waals surface area contributed by atoms with Crippen LogP contribution in [0.5, 0.6) is 5.75 Å². The first kappa shape index (κ1) is 33.2. The van der Waals surface area contributed by atoms with Gasteiger partial charge in [-0.1, -0.05) is 62.1 Å². The van der Waals surface area contributed by atoms with Gasteiger partial charge in [-0.15, -0.1) is 0 Å². The first-order chi connectivity index (χ1) is 22.4. The van der Waals surface area contributed by atoms with Gasteiger partial charge in [0.15, 0.2) is 0 Å². The molecule has 0 unspecified atom stereocenters. The van der Waals surface area contributed by atoms with Crippen molar-refractivity contribution in [3.63, 3.8) is 0 Å². The number of quaternary nitrogens is 1. The van der Waals surface area contributed by atoms with Crippen LogP contribution in [0.3, 0.4) is 0 Å². The molecule has 0 spiro atoms. The number of aromatic amines is 1. The number of aliphatic hydroxyl groups excluding tert-OH is 1. The van der Waals surface area contributed by atoms with Crippen molar-refractivity contribution in [2.45, 2.75) is 88.4 Å². The van der Waals surface area contributed by atoms with E-state index in [9.17, 15) is 20.1 Å². The zero-order valence-electron chi connectivity index (χ0n) is 27.3. The largest absolute Gasteiger partial charge is 0.506 e. The molecule has 8 heteroatoms. The summed E-state index contributed by atoms with van der Waals surface area (Å²) >= 11 is 0. The van der Waals surface area contributed by atoms with Crippen LogP contribution in [0.15, 0.2) is 59.4 Å². The summed E-state index contributed by atoms with van der Waals surface area (Å²) in [6.45, 7) is 6.62. The van der Waals surface area contributed by atoms with E-state index in [0.29, 0.717) is 41.5 Å². The van der Waals surface area contributed by atoms with Crippen molar-refractivity contribution in [2.75, 3.05) is 45.9 Å². The van der Waals surface area contributed by atoms with Crippen LogP contribution in [-0.4, -0.2) is 76.8 Å². The smallest absolute Gasteiger partial charge is 0.248 e. The second-order valence-electron chi connectivity index (χ2n) is 14.4. The van der Waals surface area contributed by atoms with E-state index in [1.807, 2.05) is 18.2 Å². The number of pyridine rings is 1. The van der Waals surface area contributed by atoms with Crippen LogP contribution in [0.2, 0.25) is 0 Å². The average molecular weight is 633 g/mol. The molecular weight excluding hydrogens is 578 g/mol. The van der Waals surface area contributed by atoms with Crippen molar-refractivity contribution in [1.29, 1.82) is 0 Å². The van der Waals surface area contributed by atoms with E-state index in [0.717, 1.165) is 37.9 Å². The number of nitrogens with one attached hydrogen (secondary N) is 2. The highest BCUT2D eigenvalue weighted by molar-refractivity contribution is 5.87. The van der Waals surface area contributed by atoms with Gasteiger partial charge in [0, 0.05) is 36.8 Å². The summed E-state index contributed by atoms with van der Waals surface area (Å²) in [6, 6.07) is 16.5. The van der Waals surface area contributed by atoms with Gasteiger partial charge in [-0.05, 0) is 67.8 Å². The van der Waals surface area contributed by atoms with Crippen LogP contribution in [0.4, 0.5) is 0 Å². The van der Waals surface area contributed by atoms with Gasteiger partial charge >= 0.3 is 0 Å². The number of fused-ring (bicyclic) bond motifs is 4. The minimum Gasteiger partial charge on any atom is -0.506 e. The highest BCUT2D eigenvalue weighted by atomic mass is 16.5. The van der Waals surface area contributed by atoms with Crippen molar-refractivity contribution in [3.05, 3.63) is 76.1 Å². The van der Waals surface area contributed by atoms with Gasteiger partial charge in [0.1, 0.15) is 24.0 Å². The number of ether oxygens (including phenoxy) is 1. The number of rotatable bonds is 17. The lowest BCUT2D eigenvalue weighted by Gasteiger charge is -2.53. The number of piperidine rings is 3. The zero-order chi connectivity index (χ0) is 32.0. The Morgan fingerprint density at radius 3 is 2.41 bits per heavy atom. The Kier molecular flexibility index (Phi) is 10.8. The molecule has 7 rings (SSSR count). The van der Waals surface area contributed by atoms with Gasteiger partial charge in [0.2, 0.25) is 5.56 Å². The maximum Gasteiger partial charge on any atom is 0.248 e. The minimum absolute atomic E-state index is 0.00625. The topological polar surface area (TPSA) is 115 Å². The molecule has 1 aromatic heterocycles. The number of aliphatic hydroxyl groups is 2. The highest BCUT2D eigenvalue weighted by Crippen LogP contribution is 2.44. The summed E-state index contributed by atoms with van der Waals surface area (Å²) in [5.74, 6) is 0.954. The summed E-state index contributed by atoms with van der Waals surface area (Å²) in [5.41, 5.74) is 0.930. The van der Waals surface area contributed by atoms with E-state index >= 15 is 0 Å². The Labute approximate surface area is 273 Å². The van der Waals surface area contributed by atoms with Gasteiger partial charge in [0.05, 0.1) is 37.9 Å². The quantitative estimate of drug-likeness (QED) is 0.0991. The molecule has 4 fully saturated rings. The van der Waals surface area contributed by atoms with E-state index in [-0.39, 0.29) is 17.4 Å². The molecule has 3 aliphatic heterocycles. The first-order valence-electron chi connectivity index (χ1n) is 17.9. The Morgan fingerprint density at radius 2 is 1.67 bits per heavy atom. The van der Waals surface area contributed by atoms with Crippen LogP contribution in [0, 0.1) is 11.8 Å². The molecule has 3 aromatic rings. The van der Waals surface area contributed by atoms with Gasteiger partial charge in [0.25, 0.3) is 0 Å². The van der Waals surface area contributed by atoms with E-state index in [2.05, 4.69) is 22.4 Å². The molecule has 250 valence electrons. The van der Waals surface area contributed by atoms with Gasteiger partial charge < -0.3 is 34.8 Å². The summed E-state index contributed by atoms with van der Waals surface area (Å²) < 4.78 is 7.87. The second-order valence-corrected chi connectivity index (χ2v) is 14.4. The van der Waals surface area contributed by atoms with Crippen molar-refractivity contribution in [1.82, 2.24) is 10.3 Å². The first-order valence-corrected chi connectivity index (χ1v) is 17.9. The number of phenolic OH excluding ortho intramolecular Hbond substituents is 1. The maximum absolute atomic E-state index is 11.8. The number of aromatic hydroxyl groups is 1. The van der Waals surface area contributed by atoms with Crippen molar-refractivity contribution in [3.8, 4) is 5.75 Å². The van der Waals surface area contributed by atoms with Crippen LogP contribution < -0.4 is 10.9 Å². The standard InChI is InChI=1S/C38H53N3O5/c42-33-17-15-31(32-16-18-36(44)40-37(32)33)34(43)25-39-21-8-3-1-2-4-9-22-41-23-19-28(20-24-41)35(26-41)46-27-38(45,30-13-10-14-30)29-11-6-5-7-12-29/h5-7,11-12,15-18,28,30,34-35,39,43,45H,1-4,8-10,13-14,19-27H2,(H-,40,42,44)/p+1/t28?,34-,35-,38+,41?/m0/s1. The molecule has 0 radical (unpaired) electrons. The number of H-pyrrole nitrogens is 1. The molecule has 4 heterocycles. The second kappa shape index (κ2) is 15.0. The fourth-order valence-corrected chi connectivity index (χ4v) is 8.31. The van der Waals surface area contributed by atoms with Gasteiger partial charge in [-0.3, -0.25) is 4.79 Å².